The van der Waals surface area contributed by atoms with E-state index >= 15 is 0 Å². The van der Waals surface area contributed by atoms with Crippen molar-refractivity contribution in [3.63, 3.8) is 0 Å². The van der Waals surface area contributed by atoms with E-state index in [-0.39, 0.29) is 0 Å². The molecule has 4 nitrogen and oxygen atoms in total. The smallest absolute Gasteiger partial charge is 0.153 e. The van der Waals surface area contributed by atoms with Gasteiger partial charge in [0.1, 0.15) is 6.61 Å². The number of para-hydroxylation sites is 1. The molecule has 0 amide bonds. The molecule has 0 atom stereocenters. The molecule has 0 aliphatic carbocycles. The summed E-state index contributed by atoms with van der Waals surface area (Å²) >= 11 is 0. The van der Waals surface area contributed by atoms with Crippen molar-refractivity contribution in [2.75, 3.05) is 26.1 Å². The Bertz CT molecular complexity index is 485. The Morgan fingerprint density at radius 3 is 2.88 bits per heavy atom. The highest BCUT2D eigenvalue weighted by molar-refractivity contribution is 5.89. The number of benzene rings is 1. The van der Waals surface area contributed by atoms with Crippen molar-refractivity contribution in [2.24, 2.45) is 0 Å². The molecule has 84 valence electrons. The Morgan fingerprint density at radius 1 is 1.25 bits per heavy atom. The zero-order valence-corrected chi connectivity index (χ0v) is 9.14. The monoisotopic (exact) mass is 218 g/mol. The standard InChI is InChI=1S/C12H14N2O2/c1-15-6-7-16-12-9-4-2-3-5-11(9)14-8-10(12)13/h2-5,8H,6-7,13H2,1H3. The zero-order valence-electron chi connectivity index (χ0n) is 9.14. The molecule has 0 fully saturated rings. The lowest BCUT2D eigenvalue weighted by atomic mass is 10.2. The summed E-state index contributed by atoms with van der Waals surface area (Å²) in [6.07, 6.45) is 1.62. The van der Waals surface area contributed by atoms with Gasteiger partial charge in [0.05, 0.1) is 24.0 Å². The van der Waals surface area contributed by atoms with Crippen LogP contribution in [0.2, 0.25) is 0 Å². The van der Waals surface area contributed by atoms with Gasteiger partial charge in [-0.2, -0.15) is 0 Å². The summed E-state index contributed by atoms with van der Waals surface area (Å²) in [6, 6.07) is 7.75. The third-order valence-electron chi connectivity index (χ3n) is 2.29. The summed E-state index contributed by atoms with van der Waals surface area (Å²) in [5, 5.41) is 0.929. The molecule has 0 saturated carbocycles. The Hall–Kier alpha value is -1.81. The maximum atomic E-state index is 5.84. The average molecular weight is 218 g/mol. The Labute approximate surface area is 94.0 Å². The van der Waals surface area contributed by atoms with Gasteiger partial charge in [-0.05, 0) is 12.1 Å². The number of pyridine rings is 1. The topological polar surface area (TPSA) is 57.4 Å². The first-order valence-corrected chi connectivity index (χ1v) is 5.08. The Morgan fingerprint density at radius 2 is 2.06 bits per heavy atom. The molecule has 16 heavy (non-hydrogen) atoms. The number of ether oxygens (including phenoxy) is 2. The van der Waals surface area contributed by atoms with Crippen LogP contribution in [0.4, 0.5) is 5.69 Å². The molecular formula is C12H14N2O2. The summed E-state index contributed by atoms with van der Waals surface area (Å²) in [4.78, 5) is 4.23. The van der Waals surface area contributed by atoms with Crippen LogP contribution in [0.1, 0.15) is 0 Å². The number of nitrogens with zero attached hydrogens (tertiary/aromatic N) is 1. The Balaban J connectivity index is 2.37. The summed E-state index contributed by atoms with van der Waals surface area (Å²) in [6.45, 7) is 1.02. The van der Waals surface area contributed by atoms with Crippen LogP contribution in [0, 0.1) is 0 Å². The van der Waals surface area contributed by atoms with Crippen LogP contribution in [0.25, 0.3) is 10.9 Å². The summed E-state index contributed by atoms with van der Waals surface area (Å²) < 4.78 is 10.5. The van der Waals surface area contributed by atoms with Gasteiger partial charge < -0.3 is 15.2 Å². The zero-order chi connectivity index (χ0) is 11.4. The minimum atomic E-state index is 0.481. The lowest BCUT2D eigenvalue weighted by Crippen LogP contribution is -2.06. The molecule has 1 aromatic heterocycles. The molecule has 0 bridgehead atoms. The lowest BCUT2D eigenvalue weighted by molar-refractivity contribution is 0.147. The fourth-order valence-corrected chi connectivity index (χ4v) is 1.52. The fraction of sp³-hybridized carbons (Fsp3) is 0.250. The van der Waals surface area contributed by atoms with Gasteiger partial charge in [-0.3, -0.25) is 4.98 Å². The van der Waals surface area contributed by atoms with Crippen LogP contribution in [0.5, 0.6) is 5.75 Å². The van der Waals surface area contributed by atoms with Crippen molar-refractivity contribution in [1.82, 2.24) is 4.98 Å². The van der Waals surface area contributed by atoms with E-state index in [1.165, 1.54) is 0 Å². The molecule has 2 aromatic rings. The van der Waals surface area contributed by atoms with Crippen molar-refractivity contribution >= 4 is 16.6 Å². The molecule has 2 N–H and O–H groups in total. The predicted octanol–water partition coefficient (Wildman–Crippen LogP) is 1.84. The molecule has 0 saturated heterocycles. The van der Waals surface area contributed by atoms with Crippen molar-refractivity contribution in [3.8, 4) is 5.75 Å². The van der Waals surface area contributed by atoms with E-state index < -0.39 is 0 Å². The molecule has 0 aliphatic heterocycles. The minimum Gasteiger partial charge on any atom is -0.488 e. The lowest BCUT2D eigenvalue weighted by Gasteiger charge is -2.10. The van der Waals surface area contributed by atoms with E-state index in [0.29, 0.717) is 24.7 Å². The third-order valence-corrected chi connectivity index (χ3v) is 2.29. The number of fused-ring (bicyclic) bond motifs is 1. The van der Waals surface area contributed by atoms with Crippen molar-refractivity contribution < 1.29 is 9.47 Å². The Kier molecular flexibility index (Phi) is 3.22. The predicted molar refractivity (Wildman–Crippen MR) is 63.5 cm³/mol. The molecule has 4 heteroatoms. The molecule has 2 rings (SSSR count). The number of nitrogen functional groups attached to an aromatic ring is 1. The molecular weight excluding hydrogens is 204 g/mol. The average Bonchev–Trinajstić information content (AvgIpc) is 2.32. The van der Waals surface area contributed by atoms with Crippen molar-refractivity contribution in [2.45, 2.75) is 0 Å². The first kappa shape index (κ1) is 10.7. The summed E-state index contributed by atoms with van der Waals surface area (Å²) in [7, 11) is 1.64. The molecule has 1 heterocycles. The van der Waals surface area contributed by atoms with Gasteiger partial charge >= 0.3 is 0 Å². The molecule has 0 aliphatic rings. The third kappa shape index (κ3) is 2.06. The molecule has 0 unspecified atom stereocenters. The number of anilines is 1. The number of rotatable bonds is 4. The second kappa shape index (κ2) is 4.81. The second-order valence-electron chi connectivity index (χ2n) is 3.40. The van der Waals surface area contributed by atoms with Gasteiger partial charge in [-0.15, -0.1) is 0 Å². The van der Waals surface area contributed by atoms with Gasteiger partial charge in [0.15, 0.2) is 5.75 Å². The van der Waals surface area contributed by atoms with E-state index in [2.05, 4.69) is 4.98 Å². The van der Waals surface area contributed by atoms with Crippen LogP contribution in [-0.4, -0.2) is 25.3 Å². The molecule has 0 spiro atoms. The van der Waals surface area contributed by atoms with Gasteiger partial charge in [-0.1, -0.05) is 12.1 Å². The van der Waals surface area contributed by atoms with Crippen molar-refractivity contribution in [1.29, 1.82) is 0 Å². The van der Waals surface area contributed by atoms with Gasteiger partial charge in [0, 0.05) is 12.5 Å². The number of hydrogen-bond acceptors (Lipinski definition) is 4. The number of nitrogens with two attached hydrogens (primary N) is 1. The van der Waals surface area contributed by atoms with E-state index in [4.69, 9.17) is 15.2 Å². The maximum Gasteiger partial charge on any atom is 0.153 e. The van der Waals surface area contributed by atoms with Crippen LogP contribution in [0.15, 0.2) is 30.5 Å². The largest absolute Gasteiger partial charge is 0.488 e. The van der Waals surface area contributed by atoms with E-state index in [9.17, 15) is 0 Å². The summed E-state index contributed by atoms with van der Waals surface area (Å²) in [5.41, 5.74) is 7.27. The van der Waals surface area contributed by atoms with Crippen molar-refractivity contribution in [3.05, 3.63) is 30.5 Å². The van der Waals surface area contributed by atoms with E-state index in [0.717, 1.165) is 10.9 Å². The highest BCUT2D eigenvalue weighted by atomic mass is 16.5. The van der Waals surface area contributed by atoms with E-state index in [1.54, 1.807) is 13.3 Å². The fourth-order valence-electron chi connectivity index (χ4n) is 1.52. The first-order chi connectivity index (χ1) is 7.83. The highest BCUT2D eigenvalue weighted by Gasteiger charge is 2.06. The SMILES string of the molecule is COCCOc1c(N)cnc2ccccc12. The number of aromatic nitrogens is 1. The first-order valence-electron chi connectivity index (χ1n) is 5.08. The molecule has 0 radical (unpaired) electrons. The normalized spacial score (nSPS) is 10.6. The summed E-state index contributed by atoms with van der Waals surface area (Å²) in [5.74, 6) is 0.683. The van der Waals surface area contributed by atoms with Gasteiger partial charge in [0.2, 0.25) is 0 Å². The molecule has 1 aromatic carbocycles. The van der Waals surface area contributed by atoms with Gasteiger partial charge in [-0.25, -0.2) is 0 Å². The second-order valence-corrected chi connectivity index (χ2v) is 3.40. The highest BCUT2D eigenvalue weighted by Crippen LogP contribution is 2.29. The number of methoxy groups -OCH3 is 1. The number of hydrogen-bond donors (Lipinski definition) is 1. The quantitative estimate of drug-likeness (QED) is 0.795. The van der Waals surface area contributed by atoms with Crippen LogP contribution < -0.4 is 10.5 Å². The minimum absolute atomic E-state index is 0.481. The van der Waals surface area contributed by atoms with E-state index in [1.807, 2.05) is 24.3 Å². The maximum absolute atomic E-state index is 5.84. The van der Waals surface area contributed by atoms with Crippen LogP contribution in [-0.2, 0) is 4.74 Å². The van der Waals surface area contributed by atoms with Gasteiger partial charge in [0.25, 0.3) is 0 Å². The van der Waals surface area contributed by atoms with Crippen LogP contribution in [0.3, 0.4) is 0 Å². The van der Waals surface area contributed by atoms with Crippen LogP contribution >= 0.6 is 0 Å².